The van der Waals surface area contributed by atoms with Crippen LogP contribution in [0.5, 0.6) is 17.2 Å². The van der Waals surface area contributed by atoms with Gasteiger partial charge in [0.1, 0.15) is 5.75 Å². The maximum absolute atomic E-state index is 12.5. The fraction of sp³-hybridized carbons (Fsp3) is 0.318. The molecule has 0 saturated carbocycles. The van der Waals surface area contributed by atoms with Crippen molar-refractivity contribution in [3.8, 4) is 17.2 Å². The summed E-state index contributed by atoms with van der Waals surface area (Å²) in [6.45, 7) is 0.977. The Balaban J connectivity index is 1.24. The van der Waals surface area contributed by atoms with Crippen molar-refractivity contribution in [1.82, 2.24) is 10.6 Å². The minimum absolute atomic E-state index is 0.107. The number of hydrogen-bond acceptors (Lipinski definition) is 6. The van der Waals surface area contributed by atoms with E-state index in [1.165, 1.54) is 0 Å². The van der Waals surface area contributed by atoms with Gasteiger partial charge in [0.2, 0.25) is 18.6 Å². The summed E-state index contributed by atoms with van der Waals surface area (Å²) in [5.41, 5.74) is 1.15. The lowest BCUT2D eigenvalue weighted by Gasteiger charge is -2.17. The van der Waals surface area contributed by atoms with E-state index in [-0.39, 0.29) is 44.0 Å². The Kier molecular flexibility index (Phi) is 5.92. The van der Waals surface area contributed by atoms with Crippen molar-refractivity contribution in [2.75, 3.05) is 38.4 Å². The molecule has 0 unspecified atom stereocenters. The Hall–Kier alpha value is -3.75. The van der Waals surface area contributed by atoms with Crippen molar-refractivity contribution in [2.24, 2.45) is 5.92 Å². The molecule has 2 N–H and O–H groups in total. The molecule has 1 saturated heterocycles. The SMILES string of the molecule is COc1cccc(N2C[C@H](C(=O)NCCNC(=O)c3ccc4c(c3)OCO4)CC2=O)c1. The monoisotopic (exact) mass is 425 g/mol. The molecule has 1 atom stereocenters. The number of hydrogen-bond donors (Lipinski definition) is 2. The number of benzene rings is 2. The molecule has 4 rings (SSSR count). The molecule has 2 aliphatic rings. The summed E-state index contributed by atoms with van der Waals surface area (Å²) < 4.78 is 15.7. The van der Waals surface area contributed by atoms with Crippen LogP contribution in [0, 0.1) is 5.92 Å². The molecule has 0 bridgehead atoms. The van der Waals surface area contributed by atoms with E-state index in [1.54, 1.807) is 48.4 Å². The van der Waals surface area contributed by atoms with Crippen LogP contribution in [-0.4, -0.2) is 51.3 Å². The molecule has 0 aliphatic carbocycles. The van der Waals surface area contributed by atoms with E-state index < -0.39 is 5.92 Å². The van der Waals surface area contributed by atoms with Gasteiger partial charge in [0.05, 0.1) is 13.0 Å². The average Bonchev–Trinajstić information content (AvgIpc) is 3.42. The van der Waals surface area contributed by atoms with E-state index in [2.05, 4.69) is 10.6 Å². The van der Waals surface area contributed by atoms with Gasteiger partial charge in [-0.15, -0.1) is 0 Å². The summed E-state index contributed by atoms with van der Waals surface area (Å²) in [4.78, 5) is 38.7. The minimum Gasteiger partial charge on any atom is -0.497 e. The highest BCUT2D eigenvalue weighted by molar-refractivity contribution is 6.00. The second kappa shape index (κ2) is 8.95. The molecule has 0 radical (unpaired) electrons. The van der Waals surface area contributed by atoms with E-state index in [1.807, 2.05) is 6.07 Å². The third-order valence-corrected chi connectivity index (χ3v) is 5.21. The topological polar surface area (TPSA) is 106 Å². The Labute approximate surface area is 179 Å². The Morgan fingerprint density at radius 1 is 1.10 bits per heavy atom. The molecule has 2 aromatic carbocycles. The normalized spacial score (nSPS) is 16.9. The van der Waals surface area contributed by atoms with Gasteiger partial charge in [-0.3, -0.25) is 14.4 Å². The van der Waals surface area contributed by atoms with Gasteiger partial charge >= 0.3 is 0 Å². The van der Waals surface area contributed by atoms with Gasteiger partial charge in [-0.2, -0.15) is 0 Å². The largest absolute Gasteiger partial charge is 0.497 e. The Morgan fingerprint density at radius 3 is 2.74 bits per heavy atom. The lowest BCUT2D eigenvalue weighted by atomic mass is 10.1. The van der Waals surface area contributed by atoms with Crippen molar-refractivity contribution in [3.63, 3.8) is 0 Å². The first-order valence-electron chi connectivity index (χ1n) is 9.95. The van der Waals surface area contributed by atoms with Gasteiger partial charge in [-0.1, -0.05) is 6.07 Å². The molecular formula is C22H23N3O6. The number of anilines is 1. The minimum atomic E-state index is -0.441. The standard InChI is InChI=1S/C22H23N3O6/c1-29-17-4-2-3-16(11-17)25-12-15(10-20(25)26)22(28)24-8-7-23-21(27)14-5-6-18-19(9-14)31-13-30-18/h2-6,9,11,15H,7-8,10,12-13H2,1H3,(H,23,27)(H,24,28)/t15-/m1/s1. The third-order valence-electron chi connectivity index (χ3n) is 5.21. The van der Waals surface area contributed by atoms with Crippen LogP contribution in [-0.2, 0) is 9.59 Å². The molecule has 31 heavy (non-hydrogen) atoms. The molecule has 2 heterocycles. The molecule has 3 amide bonds. The number of fused-ring (bicyclic) bond motifs is 1. The van der Waals surface area contributed by atoms with Crippen LogP contribution in [0.15, 0.2) is 42.5 Å². The first-order valence-corrected chi connectivity index (χ1v) is 9.95. The molecule has 1 fully saturated rings. The summed E-state index contributed by atoms with van der Waals surface area (Å²) >= 11 is 0. The zero-order valence-electron chi connectivity index (χ0n) is 17.1. The van der Waals surface area contributed by atoms with Gasteiger partial charge in [-0.25, -0.2) is 0 Å². The van der Waals surface area contributed by atoms with E-state index >= 15 is 0 Å². The zero-order valence-corrected chi connectivity index (χ0v) is 17.1. The highest BCUT2D eigenvalue weighted by atomic mass is 16.7. The lowest BCUT2D eigenvalue weighted by molar-refractivity contribution is -0.126. The maximum atomic E-state index is 12.5. The van der Waals surface area contributed by atoms with E-state index in [4.69, 9.17) is 14.2 Å². The number of amides is 3. The zero-order chi connectivity index (χ0) is 21.8. The number of carbonyl (C=O) groups is 3. The van der Waals surface area contributed by atoms with Crippen LogP contribution in [0.1, 0.15) is 16.8 Å². The van der Waals surface area contributed by atoms with Crippen molar-refractivity contribution in [1.29, 1.82) is 0 Å². The number of methoxy groups -OCH3 is 1. The van der Waals surface area contributed by atoms with Gasteiger partial charge in [0, 0.05) is 43.4 Å². The van der Waals surface area contributed by atoms with Crippen LogP contribution in [0.4, 0.5) is 5.69 Å². The van der Waals surface area contributed by atoms with E-state index in [9.17, 15) is 14.4 Å². The van der Waals surface area contributed by atoms with Crippen LogP contribution in [0.2, 0.25) is 0 Å². The first kappa shape index (κ1) is 20.5. The van der Waals surface area contributed by atoms with Crippen molar-refractivity contribution < 1.29 is 28.6 Å². The number of rotatable bonds is 7. The maximum Gasteiger partial charge on any atom is 0.251 e. The predicted molar refractivity (Wildman–Crippen MR) is 111 cm³/mol. The van der Waals surface area contributed by atoms with E-state index in [0.717, 1.165) is 0 Å². The third kappa shape index (κ3) is 4.55. The number of nitrogens with zero attached hydrogens (tertiary/aromatic N) is 1. The van der Waals surface area contributed by atoms with E-state index in [0.29, 0.717) is 35.0 Å². The molecule has 9 nitrogen and oxygen atoms in total. The summed E-state index contributed by atoms with van der Waals surface area (Å²) in [5.74, 6) is 0.762. The lowest BCUT2D eigenvalue weighted by Crippen LogP contribution is -2.38. The Morgan fingerprint density at radius 2 is 1.90 bits per heavy atom. The van der Waals surface area contributed by atoms with Crippen molar-refractivity contribution in [3.05, 3.63) is 48.0 Å². The predicted octanol–water partition coefficient (Wildman–Crippen LogP) is 1.32. The van der Waals surface area contributed by atoms with Crippen LogP contribution < -0.4 is 29.7 Å². The van der Waals surface area contributed by atoms with Crippen LogP contribution in [0.25, 0.3) is 0 Å². The molecule has 9 heteroatoms. The quantitative estimate of drug-likeness (QED) is 0.649. The molecular weight excluding hydrogens is 402 g/mol. The van der Waals surface area contributed by atoms with Crippen LogP contribution in [0.3, 0.4) is 0 Å². The fourth-order valence-corrected chi connectivity index (χ4v) is 3.56. The van der Waals surface area contributed by atoms with Crippen molar-refractivity contribution >= 4 is 23.4 Å². The number of carbonyl (C=O) groups excluding carboxylic acids is 3. The van der Waals surface area contributed by atoms with Gasteiger partial charge in [0.15, 0.2) is 11.5 Å². The summed E-state index contributed by atoms with van der Waals surface area (Å²) in [5, 5.41) is 5.54. The summed E-state index contributed by atoms with van der Waals surface area (Å²) in [7, 11) is 1.56. The number of ether oxygens (including phenoxy) is 3. The van der Waals surface area contributed by atoms with Gasteiger partial charge in [-0.05, 0) is 30.3 Å². The van der Waals surface area contributed by atoms with Crippen molar-refractivity contribution in [2.45, 2.75) is 6.42 Å². The fourth-order valence-electron chi connectivity index (χ4n) is 3.56. The van der Waals surface area contributed by atoms with Gasteiger partial charge < -0.3 is 29.7 Å². The molecule has 162 valence electrons. The average molecular weight is 425 g/mol. The second-order valence-electron chi connectivity index (χ2n) is 7.22. The summed E-state index contributed by atoms with van der Waals surface area (Å²) in [6, 6.07) is 12.1. The number of nitrogens with one attached hydrogen (secondary N) is 2. The summed E-state index contributed by atoms with van der Waals surface area (Å²) in [6.07, 6.45) is 0.145. The Bertz CT molecular complexity index is 1010. The highest BCUT2D eigenvalue weighted by Crippen LogP contribution is 2.32. The first-order chi connectivity index (χ1) is 15.0. The van der Waals surface area contributed by atoms with Gasteiger partial charge in [0.25, 0.3) is 5.91 Å². The smallest absolute Gasteiger partial charge is 0.251 e. The second-order valence-corrected chi connectivity index (χ2v) is 7.22. The van der Waals surface area contributed by atoms with Crippen LogP contribution >= 0.6 is 0 Å². The molecule has 0 spiro atoms. The molecule has 2 aliphatic heterocycles. The molecule has 0 aromatic heterocycles. The highest BCUT2D eigenvalue weighted by Gasteiger charge is 2.35. The molecule has 2 aromatic rings.